The molecule has 1 unspecified atom stereocenters. The van der Waals surface area contributed by atoms with E-state index in [4.69, 9.17) is 11.6 Å². The first-order valence-electron chi connectivity index (χ1n) is 8.41. The van der Waals surface area contributed by atoms with E-state index in [-0.39, 0.29) is 17.1 Å². The normalized spacial score (nSPS) is 18.9. The number of fused-ring (bicyclic) bond motifs is 1. The van der Waals surface area contributed by atoms with Crippen molar-refractivity contribution < 1.29 is 14.4 Å². The molecule has 27 heavy (non-hydrogen) atoms. The van der Waals surface area contributed by atoms with Crippen LogP contribution in [0.4, 0.5) is 11.4 Å². The number of rotatable bonds is 3. The second kappa shape index (κ2) is 6.25. The molecule has 2 amide bonds. The van der Waals surface area contributed by atoms with Crippen molar-refractivity contribution in [1.29, 1.82) is 0 Å². The first-order chi connectivity index (χ1) is 12.9. The van der Waals surface area contributed by atoms with E-state index in [1.165, 1.54) is 6.92 Å². The SMILES string of the molecule is CC(=O)C1=C2C(=O)N(c3ccccc3)C(=O)C2N(c2cccc(Cl)c2C)N1. The van der Waals surface area contributed by atoms with Gasteiger partial charge in [-0.2, -0.15) is 0 Å². The molecule has 0 radical (unpaired) electrons. The molecule has 2 aromatic rings. The maximum absolute atomic E-state index is 13.2. The summed E-state index contributed by atoms with van der Waals surface area (Å²) in [5, 5.41) is 2.08. The van der Waals surface area contributed by atoms with Gasteiger partial charge in [-0.05, 0) is 36.8 Å². The van der Waals surface area contributed by atoms with Gasteiger partial charge in [-0.1, -0.05) is 35.9 Å². The number of hydrogen-bond donors (Lipinski definition) is 1. The molecule has 4 rings (SSSR count). The molecule has 1 N–H and O–H groups in total. The number of nitrogens with one attached hydrogen (secondary N) is 1. The summed E-state index contributed by atoms with van der Waals surface area (Å²) >= 11 is 6.23. The number of anilines is 2. The third kappa shape index (κ3) is 2.52. The van der Waals surface area contributed by atoms with Gasteiger partial charge in [0.05, 0.1) is 16.9 Å². The van der Waals surface area contributed by atoms with E-state index >= 15 is 0 Å². The summed E-state index contributed by atoms with van der Waals surface area (Å²) in [6, 6.07) is 13.1. The zero-order valence-electron chi connectivity index (χ0n) is 14.7. The highest BCUT2D eigenvalue weighted by molar-refractivity contribution is 6.34. The van der Waals surface area contributed by atoms with Crippen molar-refractivity contribution in [3.05, 3.63) is 70.4 Å². The van der Waals surface area contributed by atoms with Crippen molar-refractivity contribution in [3.63, 3.8) is 0 Å². The Labute approximate surface area is 161 Å². The third-order valence-corrected chi connectivity index (χ3v) is 5.20. The van der Waals surface area contributed by atoms with E-state index in [0.717, 1.165) is 10.5 Å². The summed E-state index contributed by atoms with van der Waals surface area (Å²) in [7, 11) is 0. The topological polar surface area (TPSA) is 69.7 Å². The number of hydrogen-bond acceptors (Lipinski definition) is 5. The van der Waals surface area contributed by atoms with Crippen molar-refractivity contribution in [2.45, 2.75) is 19.9 Å². The molecule has 2 aliphatic heterocycles. The minimum absolute atomic E-state index is 0.135. The quantitative estimate of drug-likeness (QED) is 0.828. The number of hydrazine groups is 1. The van der Waals surface area contributed by atoms with Crippen LogP contribution in [0, 0.1) is 6.92 Å². The molecule has 0 aliphatic carbocycles. The lowest BCUT2D eigenvalue weighted by Gasteiger charge is -2.27. The van der Waals surface area contributed by atoms with Crippen LogP contribution >= 0.6 is 11.6 Å². The first kappa shape index (κ1) is 17.3. The van der Waals surface area contributed by atoms with Crippen LogP contribution in [0.3, 0.4) is 0 Å². The fourth-order valence-corrected chi connectivity index (χ4v) is 3.63. The number of carbonyl (C=O) groups is 3. The third-order valence-electron chi connectivity index (χ3n) is 4.79. The summed E-state index contributed by atoms with van der Waals surface area (Å²) in [6.07, 6.45) is 0. The summed E-state index contributed by atoms with van der Waals surface area (Å²) in [4.78, 5) is 39.5. The number of Topliss-reactive ketones (excluding diaryl/α,β-unsaturated/α-hetero) is 1. The summed E-state index contributed by atoms with van der Waals surface area (Å²) in [5.74, 6) is -1.21. The molecule has 2 aromatic carbocycles. The predicted octanol–water partition coefficient (Wildman–Crippen LogP) is 2.76. The molecular weight excluding hydrogens is 366 g/mol. The van der Waals surface area contributed by atoms with E-state index in [2.05, 4.69) is 5.43 Å². The van der Waals surface area contributed by atoms with Gasteiger partial charge in [-0.15, -0.1) is 0 Å². The van der Waals surface area contributed by atoms with E-state index in [1.807, 2.05) is 6.92 Å². The zero-order valence-corrected chi connectivity index (χ0v) is 15.4. The molecule has 1 saturated heterocycles. The Morgan fingerprint density at radius 2 is 1.78 bits per heavy atom. The lowest BCUT2D eigenvalue weighted by Crippen LogP contribution is -2.46. The van der Waals surface area contributed by atoms with Gasteiger partial charge in [0, 0.05) is 11.9 Å². The number of amides is 2. The van der Waals surface area contributed by atoms with Crippen LogP contribution in [0.15, 0.2) is 59.8 Å². The number of halogens is 1. The number of ketones is 1. The predicted molar refractivity (Wildman–Crippen MR) is 102 cm³/mol. The number of carbonyl (C=O) groups excluding carboxylic acids is 3. The molecule has 2 heterocycles. The van der Waals surface area contributed by atoms with Crippen LogP contribution in [0.1, 0.15) is 12.5 Å². The fraction of sp³-hybridized carbons (Fsp3) is 0.150. The van der Waals surface area contributed by atoms with Crippen molar-refractivity contribution in [3.8, 4) is 0 Å². The molecule has 6 nitrogen and oxygen atoms in total. The fourth-order valence-electron chi connectivity index (χ4n) is 3.46. The molecule has 0 saturated carbocycles. The van der Waals surface area contributed by atoms with Crippen molar-refractivity contribution >= 4 is 40.6 Å². The highest BCUT2D eigenvalue weighted by atomic mass is 35.5. The lowest BCUT2D eigenvalue weighted by molar-refractivity contribution is -0.121. The molecule has 7 heteroatoms. The van der Waals surface area contributed by atoms with Crippen molar-refractivity contribution in [1.82, 2.24) is 5.43 Å². The van der Waals surface area contributed by atoms with Gasteiger partial charge in [0.15, 0.2) is 11.8 Å². The molecular formula is C20H16ClN3O3. The van der Waals surface area contributed by atoms with Gasteiger partial charge in [0.1, 0.15) is 5.70 Å². The van der Waals surface area contributed by atoms with Crippen molar-refractivity contribution in [2.24, 2.45) is 0 Å². The Morgan fingerprint density at radius 3 is 2.44 bits per heavy atom. The number of nitrogens with zero attached hydrogens (tertiary/aromatic N) is 2. The Bertz CT molecular complexity index is 1020. The van der Waals surface area contributed by atoms with E-state index in [0.29, 0.717) is 16.4 Å². The monoisotopic (exact) mass is 381 g/mol. The first-order valence-corrected chi connectivity index (χ1v) is 8.79. The molecule has 0 aromatic heterocycles. The number of allylic oxidation sites excluding steroid dienone is 1. The summed E-state index contributed by atoms with van der Waals surface area (Å²) in [5.41, 5.74) is 5.10. The standard InChI is InChI=1S/C20H16ClN3O3/c1-11-14(21)9-6-10-15(11)24-18-16(17(22-24)12(2)25)19(26)23(20(18)27)13-7-4-3-5-8-13/h3-10,18,22H,1-2H3. The van der Waals surface area contributed by atoms with E-state index < -0.39 is 17.9 Å². The van der Waals surface area contributed by atoms with Crippen LogP contribution in [-0.4, -0.2) is 23.6 Å². The summed E-state index contributed by atoms with van der Waals surface area (Å²) < 4.78 is 0. The molecule has 1 atom stereocenters. The van der Waals surface area contributed by atoms with Gasteiger partial charge < -0.3 is 0 Å². The maximum Gasteiger partial charge on any atom is 0.266 e. The van der Waals surface area contributed by atoms with Gasteiger partial charge in [0.2, 0.25) is 0 Å². The largest absolute Gasteiger partial charge is 0.293 e. The van der Waals surface area contributed by atoms with Crippen LogP contribution in [0.2, 0.25) is 5.02 Å². The van der Waals surface area contributed by atoms with Gasteiger partial charge in [0.25, 0.3) is 11.8 Å². The van der Waals surface area contributed by atoms with Gasteiger partial charge in [-0.3, -0.25) is 24.8 Å². The molecule has 1 fully saturated rings. The second-order valence-electron chi connectivity index (χ2n) is 6.43. The smallest absolute Gasteiger partial charge is 0.266 e. The van der Waals surface area contributed by atoms with Crippen LogP contribution in [0.25, 0.3) is 0 Å². The average molecular weight is 382 g/mol. The molecule has 0 spiro atoms. The molecule has 136 valence electrons. The highest BCUT2D eigenvalue weighted by Gasteiger charge is 2.53. The van der Waals surface area contributed by atoms with Gasteiger partial charge >= 0.3 is 0 Å². The van der Waals surface area contributed by atoms with Crippen LogP contribution < -0.4 is 15.3 Å². The minimum Gasteiger partial charge on any atom is -0.293 e. The van der Waals surface area contributed by atoms with Gasteiger partial charge in [-0.25, -0.2) is 4.90 Å². The Hall–Kier alpha value is -3.12. The maximum atomic E-state index is 13.2. The lowest BCUT2D eigenvalue weighted by atomic mass is 10.1. The minimum atomic E-state index is -0.922. The average Bonchev–Trinajstić information content (AvgIpc) is 3.16. The number of benzene rings is 2. The van der Waals surface area contributed by atoms with Crippen LogP contribution in [-0.2, 0) is 14.4 Å². The summed E-state index contributed by atoms with van der Waals surface area (Å²) in [6.45, 7) is 3.19. The Morgan fingerprint density at radius 1 is 1.07 bits per heavy atom. The second-order valence-corrected chi connectivity index (χ2v) is 6.83. The van der Waals surface area contributed by atoms with Crippen LogP contribution in [0.5, 0.6) is 0 Å². The molecule has 2 aliphatic rings. The highest BCUT2D eigenvalue weighted by Crippen LogP contribution is 2.38. The van der Waals surface area contributed by atoms with E-state index in [9.17, 15) is 14.4 Å². The molecule has 0 bridgehead atoms. The Kier molecular flexibility index (Phi) is 4.00. The number of para-hydroxylation sites is 1. The number of imide groups is 1. The van der Waals surface area contributed by atoms with Crippen molar-refractivity contribution in [2.75, 3.05) is 9.91 Å². The van der Waals surface area contributed by atoms with E-state index in [1.54, 1.807) is 53.5 Å². The zero-order chi connectivity index (χ0) is 19.3. The Balaban J connectivity index is 1.86.